The Bertz CT molecular complexity index is 402. The normalized spacial score (nSPS) is 14.6. The number of nitrogens with two attached hydrogens (primary N) is 1. The Balaban J connectivity index is 2.58. The third-order valence-electron chi connectivity index (χ3n) is 2.91. The smallest absolute Gasteiger partial charge is 0.147 e. The molecule has 2 atom stereocenters. The minimum Gasteiger partial charge on any atom is -0.394 e. The number of nitrogens with one attached hydrogen (secondary N) is 1. The van der Waals surface area contributed by atoms with Crippen LogP contribution >= 0.6 is 0 Å². The number of nitrogens with zero attached hydrogens (tertiary/aromatic N) is 2. The van der Waals surface area contributed by atoms with E-state index in [4.69, 9.17) is 5.73 Å². The molecule has 0 amide bonds. The summed E-state index contributed by atoms with van der Waals surface area (Å²) in [5, 5.41) is 7.79. The van der Waals surface area contributed by atoms with Crippen molar-refractivity contribution in [3.05, 3.63) is 5.69 Å². The van der Waals surface area contributed by atoms with Gasteiger partial charge in [-0.2, -0.15) is 5.10 Å². The number of anilines is 2. The van der Waals surface area contributed by atoms with E-state index in [-0.39, 0.29) is 5.25 Å². The van der Waals surface area contributed by atoms with E-state index in [0.29, 0.717) is 0 Å². The minimum absolute atomic E-state index is 0.197. The van der Waals surface area contributed by atoms with Crippen LogP contribution in [0.1, 0.15) is 26.0 Å². The summed E-state index contributed by atoms with van der Waals surface area (Å²) in [6.45, 7) is 4.78. The maximum atomic E-state index is 11.2. The molecule has 0 spiro atoms. The second-order valence-electron chi connectivity index (χ2n) is 4.21. The van der Waals surface area contributed by atoms with Crippen molar-refractivity contribution in [1.29, 1.82) is 0 Å². The molecule has 0 bridgehead atoms. The fraction of sp³-hybridized carbons (Fsp3) is 0.727. The van der Waals surface area contributed by atoms with Crippen molar-refractivity contribution in [3.63, 3.8) is 0 Å². The fourth-order valence-corrected chi connectivity index (χ4v) is 2.08. The number of hydrogen-bond donors (Lipinski definition) is 2. The third-order valence-corrected chi connectivity index (χ3v) is 4.27. The van der Waals surface area contributed by atoms with E-state index in [9.17, 15) is 4.21 Å². The molecule has 1 rings (SSSR count). The van der Waals surface area contributed by atoms with Gasteiger partial charge in [0.1, 0.15) is 5.82 Å². The summed E-state index contributed by atoms with van der Waals surface area (Å²) in [7, 11) is 1.11. The van der Waals surface area contributed by atoms with Crippen molar-refractivity contribution >= 4 is 22.3 Å². The van der Waals surface area contributed by atoms with E-state index in [1.165, 1.54) is 0 Å². The second-order valence-corrected chi connectivity index (χ2v) is 6.01. The summed E-state index contributed by atoms with van der Waals surface area (Å²) < 4.78 is 13.0. The molecule has 1 aromatic heterocycles. The highest BCUT2D eigenvalue weighted by Crippen LogP contribution is 2.22. The molecule has 98 valence electrons. The van der Waals surface area contributed by atoms with E-state index in [1.54, 1.807) is 10.9 Å². The number of hydrogen-bond acceptors (Lipinski definition) is 4. The Labute approximate surface area is 105 Å². The second kappa shape index (κ2) is 6.05. The Morgan fingerprint density at radius 1 is 1.59 bits per heavy atom. The maximum Gasteiger partial charge on any atom is 0.147 e. The highest BCUT2D eigenvalue weighted by molar-refractivity contribution is 7.84. The standard InChI is InChI=1S/C11H22N4OS/c1-5-9-10(12)11(15(3)14-9)13-7-6-8(2)17(4)16/h8,13H,5-7,12H2,1-4H3. The van der Waals surface area contributed by atoms with Crippen molar-refractivity contribution < 1.29 is 4.21 Å². The van der Waals surface area contributed by atoms with Crippen molar-refractivity contribution in [1.82, 2.24) is 9.78 Å². The molecule has 0 saturated carbocycles. The number of rotatable bonds is 6. The van der Waals surface area contributed by atoms with Gasteiger partial charge in [-0.3, -0.25) is 8.89 Å². The zero-order chi connectivity index (χ0) is 13.0. The first-order valence-corrected chi connectivity index (χ1v) is 7.46. The van der Waals surface area contributed by atoms with Crippen LogP contribution < -0.4 is 11.1 Å². The lowest BCUT2D eigenvalue weighted by Crippen LogP contribution is -2.16. The number of nitrogen functional groups attached to an aromatic ring is 1. The van der Waals surface area contributed by atoms with Crippen LogP contribution in [-0.4, -0.2) is 32.0 Å². The molecule has 0 aliphatic carbocycles. The maximum absolute atomic E-state index is 11.2. The van der Waals surface area contributed by atoms with Gasteiger partial charge in [0.05, 0.1) is 11.4 Å². The van der Waals surface area contributed by atoms with Gasteiger partial charge in [-0.15, -0.1) is 0 Å². The van der Waals surface area contributed by atoms with E-state index in [0.717, 1.165) is 36.6 Å². The van der Waals surface area contributed by atoms with Gasteiger partial charge in [0.2, 0.25) is 0 Å². The average molecular weight is 258 g/mol. The van der Waals surface area contributed by atoms with Crippen molar-refractivity contribution in [2.75, 3.05) is 23.9 Å². The molecule has 0 aliphatic heterocycles. The first kappa shape index (κ1) is 14.0. The lowest BCUT2D eigenvalue weighted by Gasteiger charge is -2.10. The molecule has 0 radical (unpaired) electrons. The van der Waals surface area contributed by atoms with E-state index < -0.39 is 10.8 Å². The third kappa shape index (κ3) is 3.46. The highest BCUT2D eigenvalue weighted by Gasteiger charge is 2.12. The molecule has 1 heterocycles. The molecule has 6 heteroatoms. The van der Waals surface area contributed by atoms with Gasteiger partial charge in [-0.1, -0.05) is 13.8 Å². The Hall–Kier alpha value is -1.04. The van der Waals surface area contributed by atoms with Gasteiger partial charge in [0.15, 0.2) is 0 Å². The molecule has 0 fully saturated rings. The monoisotopic (exact) mass is 258 g/mol. The zero-order valence-corrected chi connectivity index (χ0v) is 11.8. The van der Waals surface area contributed by atoms with Crippen LogP contribution in [0.25, 0.3) is 0 Å². The van der Waals surface area contributed by atoms with Gasteiger partial charge < -0.3 is 11.1 Å². The van der Waals surface area contributed by atoms with Gasteiger partial charge in [0, 0.05) is 35.9 Å². The fourth-order valence-electron chi connectivity index (χ4n) is 1.63. The molecule has 5 nitrogen and oxygen atoms in total. The van der Waals surface area contributed by atoms with Crippen molar-refractivity contribution in [3.8, 4) is 0 Å². The van der Waals surface area contributed by atoms with Crippen LogP contribution in [-0.2, 0) is 24.3 Å². The highest BCUT2D eigenvalue weighted by atomic mass is 32.2. The summed E-state index contributed by atoms with van der Waals surface area (Å²) in [5.41, 5.74) is 7.63. The molecule has 0 aromatic carbocycles. The largest absolute Gasteiger partial charge is 0.394 e. The molecule has 0 aliphatic rings. The molecule has 1 aromatic rings. The molecule has 2 unspecified atom stereocenters. The average Bonchev–Trinajstić information content (AvgIpc) is 2.55. The van der Waals surface area contributed by atoms with Crippen LogP contribution in [0.4, 0.5) is 11.5 Å². The van der Waals surface area contributed by atoms with Crippen LogP contribution in [0.15, 0.2) is 0 Å². The number of aryl methyl sites for hydroxylation is 2. The Morgan fingerprint density at radius 3 is 2.71 bits per heavy atom. The van der Waals surface area contributed by atoms with Crippen LogP contribution in [0, 0.1) is 0 Å². The lowest BCUT2D eigenvalue weighted by molar-refractivity contribution is 0.671. The van der Waals surface area contributed by atoms with Crippen LogP contribution in [0.2, 0.25) is 0 Å². The zero-order valence-electron chi connectivity index (χ0n) is 11.0. The van der Waals surface area contributed by atoms with E-state index >= 15 is 0 Å². The first-order chi connectivity index (χ1) is 7.97. The molecular weight excluding hydrogens is 236 g/mol. The first-order valence-electron chi connectivity index (χ1n) is 5.84. The van der Waals surface area contributed by atoms with Crippen LogP contribution in [0.3, 0.4) is 0 Å². The number of aromatic nitrogens is 2. The van der Waals surface area contributed by atoms with E-state index in [2.05, 4.69) is 10.4 Å². The van der Waals surface area contributed by atoms with Gasteiger partial charge >= 0.3 is 0 Å². The Morgan fingerprint density at radius 2 is 2.24 bits per heavy atom. The Kier molecular flexibility index (Phi) is 4.99. The minimum atomic E-state index is -0.769. The summed E-state index contributed by atoms with van der Waals surface area (Å²) in [5.74, 6) is 0.857. The predicted octanol–water partition coefficient (Wildman–Crippen LogP) is 1.13. The lowest BCUT2D eigenvalue weighted by atomic mass is 10.3. The topological polar surface area (TPSA) is 72.9 Å². The molecular formula is C11H22N4OS. The summed E-state index contributed by atoms with van der Waals surface area (Å²) in [6, 6.07) is 0. The molecule has 3 N–H and O–H groups in total. The quantitative estimate of drug-likeness (QED) is 0.802. The van der Waals surface area contributed by atoms with E-state index in [1.807, 2.05) is 20.9 Å². The summed E-state index contributed by atoms with van der Waals surface area (Å²) in [4.78, 5) is 0. The molecule has 0 saturated heterocycles. The van der Waals surface area contributed by atoms with Crippen molar-refractivity contribution in [2.45, 2.75) is 31.9 Å². The summed E-state index contributed by atoms with van der Waals surface area (Å²) >= 11 is 0. The summed E-state index contributed by atoms with van der Waals surface area (Å²) in [6.07, 6.45) is 3.42. The van der Waals surface area contributed by atoms with Crippen molar-refractivity contribution in [2.24, 2.45) is 7.05 Å². The van der Waals surface area contributed by atoms with Gasteiger partial charge in [-0.05, 0) is 12.8 Å². The SMILES string of the molecule is CCc1nn(C)c(NCCC(C)S(C)=O)c1N. The van der Waals surface area contributed by atoms with Crippen LogP contribution in [0.5, 0.6) is 0 Å². The van der Waals surface area contributed by atoms with Gasteiger partial charge in [-0.25, -0.2) is 0 Å². The predicted molar refractivity (Wildman–Crippen MR) is 73.6 cm³/mol. The van der Waals surface area contributed by atoms with Gasteiger partial charge in [0.25, 0.3) is 0 Å². The molecule has 17 heavy (non-hydrogen) atoms.